The standard InChI is InChI=1S/C13H6ClFN6S/c14-9-2-1-7(15)5-8(9)11-18-19-13-21(11)20-12(22-13)10-6-16-3-4-17-10/h1-6H. The number of benzene rings is 1. The van der Waals surface area contributed by atoms with E-state index in [1.165, 1.54) is 34.1 Å². The summed E-state index contributed by atoms with van der Waals surface area (Å²) in [4.78, 5) is 8.77. The Labute approximate surface area is 132 Å². The number of aromatic nitrogens is 6. The average molecular weight is 333 g/mol. The number of hydrogen-bond donors (Lipinski definition) is 0. The van der Waals surface area contributed by atoms with Gasteiger partial charge in [0.05, 0.1) is 11.2 Å². The van der Waals surface area contributed by atoms with Crippen molar-refractivity contribution in [2.45, 2.75) is 0 Å². The minimum Gasteiger partial charge on any atom is -0.261 e. The Hall–Kier alpha value is -2.45. The third-order valence-corrected chi connectivity index (χ3v) is 4.19. The van der Waals surface area contributed by atoms with Crippen LogP contribution in [0.2, 0.25) is 5.02 Å². The number of hydrogen-bond acceptors (Lipinski definition) is 6. The summed E-state index contributed by atoms with van der Waals surface area (Å²) in [7, 11) is 0. The van der Waals surface area contributed by atoms with Crippen molar-refractivity contribution in [1.29, 1.82) is 0 Å². The summed E-state index contributed by atoms with van der Waals surface area (Å²) in [5.41, 5.74) is 1.07. The highest BCUT2D eigenvalue weighted by atomic mass is 35.5. The van der Waals surface area contributed by atoms with Crippen LogP contribution in [0.4, 0.5) is 4.39 Å². The quantitative estimate of drug-likeness (QED) is 0.564. The Balaban J connectivity index is 1.90. The van der Waals surface area contributed by atoms with Crippen molar-refractivity contribution < 1.29 is 4.39 Å². The number of halogens is 2. The van der Waals surface area contributed by atoms with Gasteiger partial charge in [-0.3, -0.25) is 9.97 Å². The number of rotatable bonds is 2. The van der Waals surface area contributed by atoms with Gasteiger partial charge < -0.3 is 0 Å². The molecule has 9 heteroatoms. The fraction of sp³-hybridized carbons (Fsp3) is 0. The largest absolute Gasteiger partial charge is 0.261 e. The molecule has 0 amide bonds. The van der Waals surface area contributed by atoms with E-state index in [9.17, 15) is 4.39 Å². The predicted octanol–water partition coefficient (Wildman–Crippen LogP) is 3.10. The molecule has 0 bridgehead atoms. The van der Waals surface area contributed by atoms with Gasteiger partial charge in [0.1, 0.15) is 11.5 Å². The molecular weight excluding hydrogens is 327 g/mol. The minimum atomic E-state index is -0.402. The Morgan fingerprint density at radius 2 is 2.09 bits per heavy atom. The lowest BCUT2D eigenvalue weighted by molar-refractivity contribution is 0.628. The van der Waals surface area contributed by atoms with Crippen molar-refractivity contribution in [2.75, 3.05) is 0 Å². The van der Waals surface area contributed by atoms with Crippen molar-refractivity contribution in [3.05, 3.63) is 47.6 Å². The second kappa shape index (κ2) is 5.08. The van der Waals surface area contributed by atoms with E-state index in [4.69, 9.17) is 11.6 Å². The second-order valence-electron chi connectivity index (χ2n) is 4.34. The molecule has 0 saturated carbocycles. The van der Waals surface area contributed by atoms with Gasteiger partial charge in [-0.1, -0.05) is 22.9 Å². The Bertz CT molecular complexity index is 967. The zero-order chi connectivity index (χ0) is 15.1. The molecule has 0 N–H and O–H groups in total. The highest BCUT2D eigenvalue weighted by Gasteiger charge is 2.17. The van der Waals surface area contributed by atoms with E-state index in [1.54, 1.807) is 18.6 Å². The second-order valence-corrected chi connectivity index (χ2v) is 5.70. The molecule has 0 saturated heterocycles. The van der Waals surface area contributed by atoms with Gasteiger partial charge in [-0.05, 0) is 18.2 Å². The monoisotopic (exact) mass is 332 g/mol. The summed E-state index contributed by atoms with van der Waals surface area (Å²) in [6.07, 6.45) is 4.78. The lowest BCUT2D eigenvalue weighted by Crippen LogP contribution is -1.93. The molecule has 4 aromatic rings. The lowest BCUT2D eigenvalue weighted by Gasteiger charge is -2.00. The fourth-order valence-corrected chi connectivity index (χ4v) is 2.97. The molecule has 1 aromatic carbocycles. The maximum absolute atomic E-state index is 13.5. The van der Waals surface area contributed by atoms with Crippen LogP contribution in [-0.2, 0) is 0 Å². The van der Waals surface area contributed by atoms with E-state index >= 15 is 0 Å². The molecule has 4 rings (SSSR count). The van der Waals surface area contributed by atoms with Crippen LogP contribution in [0.25, 0.3) is 27.1 Å². The summed E-state index contributed by atoms with van der Waals surface area (Å²) in [5.74, 6) is -0.0218. The highest BCUT2D eigenvalue weighted by Crippen LogP contribution is 2.30. The Morgan fingerprint density at radius 1 is 1.18 bits per heavy atom. The molecule has 0 atom stereocenters. The molecule has 22 heavy (non-hydrogen) atoms. The van der Waals surface area contributed by atoms with Crippen LogP contribution in [0.1, 0.15) is 0 Å². The summed E-state index contributed by atoms with van der Waals surface area (Å²) in [6, 6.07) is 4.07. The van der Waals surface area contributed by atoms with Crippen molar-refractivity contribution in [1.82, 2.24) is 29.8 Å². The topological polar surface area (TPSA) is 68.9 Å². The number of fused-ring (bicyclic) bond motifs is 1. The van der Waals surface area contributed by atoms with Crippen molar-refractivity contribution >= 4 is 27.9 Å². The molecule has 0 aliphatic carbocycles. The van der Waals surface area contributed by atoms with Gasteiger partial charge in [0.25, 0.3) is 0 Å². The van der Waals surface area contributed by atoms with Crippen LogP contribution in [0.15, 0.2) is 36.8 Å². The lowest BCUT2D eigenvalue weighted by atomic mass is 10.2. The maximum atomic E-state index is 13.5. The van der Waals surface area contributed by atoms with Crippen molar-refractivity contribution in [2.24, 2.45) is 0 Å². The van der Waals surface area contributed by atoms with E-state index < -0.39 is 5.82 Å². The molecule has 0 unspecified atom stereocenters. The predicted molar refractivity (Wildman–Crippen MR) is 80.1 cm³/mol. The highest BCUT2D eigenvalue weighted by molar-refractivity contribution is 7.19. The van der Waals surface area contributed by atoms with Gasteiger partial charge >= 0.3 is 0 Å². The summed E-state index contributed by atoms with van der Waals surface area (Å²) >= 11 is 7.43. The third kappa shape index (κ3) is 2.13. The van der Waals surface area contributed by atoms with E-state index in [0.717, 1.165) is 0 Å². The first-order chi connectivity index (χ1) is 10.7. The van der Waals surface area contributed by atoms with E-state index in [-0.39, 0.29) is 0 Å². The van der Waals surface area contributed by atoms with Gasteiger partial charge in [0.15, 0.2) is 10.8 Å². The fourth-order valence-electron chi connectivity index (χ4n) is 1.97. The van der Waals surface area contributed by atoms with Gasteiger partial charge in [-0.2, -0.15) is 9.61 Å². The first-order valence-electron chi connectivity index (χ1n) is 6.16. The summed E-state index contributed by atoms with van der Waals surface area (Å²) in [5, 5.41) is 13.5. The first-order valence-corrected chi connectivity index (χ1v) is 7.36. The van der Waals surface area contributed by atoms with E-state index in [2.05, 4.69) is 25.3 Å². The van der Waals surface area contributed by atoms with E-state index in [0.29, 0.717) is 32.1 Å². The molecule has 6 nitrogen and oxygen atoms in total. The SMILES string of the molecule is Fc1ccc(Cl)c(-c2nnc3sc(-c4cnccn4)nn23)c1. The molecule has 0 aliphatic rings. The zero-order valence-corrected chi connectivity index (χ0v) is 12.4. The minimum absolute atomic E-state index is 0.379. The molecule has 0 spiro atoms. The van der Waals surface area contributed by atoms with Crippen molar-refractivity contribution in [3.63, 3.8) is 0 Å². The van der Waals surface area contributed by atoms with Gasteiger partial charge in [-0.25, -0.2) is 4.39 Å². The zero-order valence-electron chi connectivity index (χ0n) is 10.8. The maximum Gasteiger partial charge on any atom is 0.235 e. The van der Waals surface area contributed by atoms with Crippen LogP contribution in [0.3, 0.4) is 0 Å². The molecule has 3 aromatic heterocycles. The summed E-state index contributed by atoms with van der Waals surface area (Å²) < 4.78 is 15.0. The van der Waals surface area contributed by atoms with Crippen molar-refractivity contribution in [3.8, 4) is 22.1 Å². The van der Waals surface area contributed by atoms with Crippen LogP contribution in [-0.4, -0.2) is 29.8 Å². The average Bonchev–Trinajstić information content (AvgIpc) is 3.11. The van der Waals surface area contributed by atoms with Crippen LogP contribution >= 0.6 is 22.9 Å². The summed E-state index contributed by atoms with van der Waals surface area (Å²) in [6.45, 7) is 0. The molecular formula is C13H6ClFN6S. The molecule has 108 valence electrons. The molecule has 0 fully saturated rings. The van der Waals surface area contributed by atoms with Crippen LogP contribution < -0.4 is 0 Å². The Morgan fingerprint density at radius 3 is 2.91 bits per heavy atom. The van der Waals surface area contributed by atoms with Crippen LogP contribution in [0.5, 0.6) is 0 Å². The molecule has 3 heterocycles. The normalized spacial score (nSPS) is 11.2. The van der Waals surface area contributed by atoms with Gasteiger partial charge in [0.2, 0.25) is 4.96 Å². The molecule has 0 radical (unpaired) electrons. The first kappa shape index (κ1) is 13.2. The smallest absolute Gasteiger partial charge is 0.235 e. The van der Waals surface area contributed by atoms with Crippen LogP contribution in [0, 0.1) is 5.82 Å². The van der Waals surface area contributed by atoms with Gasteiger partial charge in [-0.15, -0.1) is 10.2 Å². The molecule has 0 aliphatic heterocycles. The number of nitrogens with zero attached hydrogens (tertiary/aromatic N) is 6. The third-order valence-electron chi connectivity index (χ3n) is 2.94. The van der Waals surface area contributed by atoms with Gasteiger partial charge in [0, 0.05) is 18.0 Å². The Kier molecular flexibility index (Phi) is 3.05. The van der Waals surface area contributed by atoms with E-state index in [1.807, 2.05) is 0 Å².